The van der Waals surface area contributed by atoms with Gasteiger partial charge in [-0.2, -0.15) is 13.2 Å². The number of halogens is 4. The molecule has 2 aromatic carbocycles. The van der Waals surface area contributed by atoms with Crippen LogP contribution in [0.3, 0.4) is 0 Å². The molecule has 2 aliphatic heterocycles. The van der Waals surface area contributed by atoms with E-state index >= 15 is 0 Å². The van der Waals surface area contributed by atoms with Crippen LogP contribution in [-0.4, -0.2) is 55.9 Å². The van der Waals surface area contributed by atoms with E-state index in [1.807, 2.05) is 12.1 Å². The molecule has 0 aliphatic carbocycles. The van der Waals surface area contributed by atoms with Crippen LogP contribution in [0.15, 0.2) is 41.2 Å². The molecule has 0 spiro atoms. The van der Waals surface area contributed by atoms with Gasteiger partial charge in [0.05, 0.1) is 29.2 Å². The van der Waals surface area contributed by atoms with Gasteiger partial charge < -0.3 is 20.1 Å². The predicted octanol–water partition coefficient (Wildman–Crippen LogP) is 6.17. The van der Waals surface area contributed by atoms with Crippen LogP contribution in [0.25, 0.3) is 21.5 Å². The first-order valence-corrected chi connectivity index (χ1v) is 15.2. The lowest BCUT2D eigenvalue weighted by atomic mass is 9.97. The molecule has 9 nitrogen and oxygen atoms in total. The summed E-state index contributed by atoms with van der Waals surface area (Å²) in [6, 6.07) is 10.0. The maximum atomic E-state index is 14.1. The third-order valence-electron chi connectivity index (χ3n) is 7.94. The number of rotatable bonds is 6. The number of nitrogens with zero attached hydrogens (tertiary/aromatic N) is 4. The van der Waals surface area contributed by atoms with E-state index in [2.05, 4.69) is 15.3 Å². The number of alkyl halides is 3. The van der Waals surface area contributed by atoms with Crippen LogP contribution in [0.5, 0.6) is 0 Å². The summed E-state index contributed by atoms with van der Waals surface area (Å²) in [5.74, 6) is 0.426. The predicted molar refractivity (Wildman–Crippen MR) is 161 cm³/mol. The number of ether oxygens (including phenoxy) is 1. The van der Waals surface area contributed by atoms with Crippen molar-refractivity contribution < 1.29 is 27.8 Å². The van der Waals surface area contributed by atoms with Gasteiger partial charge in [-0.15, -0.1) is 11.3 Å². The van der Waals surface area contributed by atoms with Gasteiger partial charge in [-0.1, -0.05) is 23.7 Å². The quantitative estimate of drug-likeness (QED) is 0.258. The molecule has 1 amide bonds. The summed E-state index contributed by atoms with van der Waals surface area (Å²) < 4.78 is 49.0. The first kappa shape index (κ1) is 30.4. The highest BCUT2D eigenvalue weighted by Gasteiger charge is 2.42. The topological polar surface area (TPSA) is 110 Å². The molecule has 4 aromatic rings. The molecule has 2 saturated heterocycles. The highest BCUT2D eigenvalue weighted by atomic mass is 35.5. The van der Waals surface area contributed by atoms with E-state index in [-0.39, 0.29) is 47.3 Å². The van der Waals surface area contributed by atoms with Gasteiger partial charge in [0.1, 0.15) is 27.9 Å². The maximum Gasteiger partial charge on any atom is 0.427 e. The zero-order chi connectivity index (χ0) is 31.6. The molecule has 2 aliphatic rings. The number of benzene rings is 2. The molecule has 0 radical (unpaired) electrons. The largest absolute Gasteiger partial charge is 0.447 e. The number of nitrogens with one attached hydrogen (secondary N) is 1. The molecule has 0 saturated carbocycles. The Labute approximate surface area is 259 Å². The van der Waals surface area contributed by atoms with Crippen LogP contribution >= 0.6 is 22.9 Å². The van der Waals surface area contributed by atoms with Gasteiger partial charge in [0.15, 0.2) is 0 Å². The van der Waals surface area contributed by atoms with Crippen molar-refractivity contribution in [3.63, 3.8) is 0 Å². The van der Waals surface area contributed by atoms with Crippen molar-refractivity contribution >= 4 is 45.6 Å². The molecule has 14 heteroatoms. The Bertz CT molecular complexity index is 1790. The Morgan fingerprint density at radius 1 is 1.16 bits per heavy atom. The minimum atomic E-state index is -4.73. The average Bonchev–Trinajstić information content (AvgIpc) is 3.57. The minimum Gasteiger partial charge on any atom is -0.447 e. The highest BCUT2D eigenvalue weighted by Crippen LogP contribution is 2.45. The van der Waals surface area contributed by atoms with Crippen LogP contribution in [-0.2, 0) is 23.1 Å². The van der Waals surface area contributed by atoms with Gasteiger partial charge >= 0.3 is 12.3 Å². The summed E-state index contributed by atoms with van der Waals surface area (Å²) in [7, 11) is 0. The Balaban J connectivity index is 1.48. The number of amides is 1. The van der Waals surface area contributed by atoms with Crippen LogP contribution in [0.2, 0.25) is 5.02 Å². The highest BCUT2D eigenvalue weighted by molar-refractivity contribution is 7.15. The number of thiazole rings is 1. The second-order valence-corrected chi connectivity index (χ2v) is 13.1. The number of cyclic esters (lactones) is 1. The Kier molecular flexibility index (Phi) is 7.61. The standard InChI is InChI=1S/C30H29ClF3N5O4S/c1-15-35-23-11-20(26-37-24(29(2,3)42)25(44-26)30(32,33)34)22(36-18-8-9-38-19(10-18)14-43-28(38)41)12-21(23)27(40)39(15)13-16-4-6-17(31)7-5-16/h4-7,11-12,18-19,36,42H,8-10,13-14H2,1-3H3/t18-,19-/m0/s1. The third-order valence-corrected chi connectivity index (χ3v) is 9.33. The van der Waals surface area contributed by atoms with Crippen LogP contribution in [0.1, 0.15) is 48.6 Å². The van der Waals surface area contributed by atoms with Crippen LogP contribution in [0.4, 0.5) is 23.7 Å². The summed E-state index contributed by atoms with van der Waals surface area (Å²) in [6.45, 7) is 5.17. The van der Waals surface area contributed by atoms with E-state index in [1.165, 1.54) is 18.4 Å². The van der Waals surface area contributed by atoms with E-state index in [9.17, 15) is 27.9 Å². The monoisotopic (exact) mass is 647 g/mol. The second kappa shape index (κ2) is 11.0. The molecule has 2 atom stereocenters. The molecule has 0 bridgehead atoms. The van der Waals surface area contributed by atoms with Crippen molar-refractivity contribution in [2.75, 3.05) is 18.5 Å². The number of aryl methyl sites for hydroxylation is 1. The number of carbonyl (C=O) groups is 1. The molecule has 6 rings (SSSR count). The van der Waals surface area contributed by atoms with Gasteiger partial charge in [-0.05, 0) is 63.4 Å². The molecule has 0 unspecified atom stereocenters. The fourth-order valence-electron chi connectivity index (χ4n) is 5.73. The SMILES string of the molecule is Cc1nc2cc(-c3nc(C(C)(C)O)c(C(F)(F)F)s3)c(N[C@H]3CCN4C(=O)OC[C@@H]4C3)cc2c(=O)n1Cc1ccc(Cl)cc1. The van der Waals surface area contributed by atoms with Crippen molar-refractivity contribution in [2.24, 2.45) is 0 Å². The summed E-state index contributed by atoms with van der Waals surface area (Å²) in [5.41, 5.74) is -0.757. The number of aliphatic hydroxyl groups is 1. The smallest absolute Gasteiger partial charge is 0.427 e. The summed E-state index contributed by atoms with van der Waals surface area (Å²) >= 11 is 6.45. The van der Waals surface area contributed by atoms with E-state index in [0.717, 1.165) is 5.56 Å². The van der Waals surface area contributed by atoms with E-state index in [0.29, 0.717) is 58.3 Å². The van der Waals surface area contributed by atoms with Crippen molar-refractivity contribution in [1.29, 1.82) is 0 Å². The first-order valence-electron chi connectivity index (χ1n) is 14.0. The average molecular weight is 648 g/mol. The number of hydrogen-bond donors (Lipinski definition) is 2. The van der Waals surface area contributed by atoms with E-state index < -0.39 is 22.3 Å². The van der Waals surface area contributed by atoms with E-state index in [4.69, 9.17) is 16.3 Å². The summed E-state index contributed by atoms with van der Waals surface area (Å²) in [5, 5.41) is 14.9. The minimum absolute atomic E-state index is 0.0282. The van der Waals surface area contributed by atoms with Gasteiger partial charge in [-0.25, -0.2) is 14.8 Å². The molecule has 2 aromatic heterocycles. The van der Waals surface area contributed by atoms with Gasteiger partial charge in [0, 0.05) is 28.9 Å². The van der Waals surface area contributed by atoms with Gasteiger partial charge in [0.2, 0.25) is 0 Å². The third kappa shape index (κ3) is 5.75. The molecular formula is C30H29ClF3N5O4S. The lowest BCUT2D eigenvalue weighted by Gasteiger charge is -2.33. The second-order valence-electron chi connectivity index (χ2n) is 11.6. The Morgan fingerprint density at radius 3 is 2.55 bits per heavy atom. The number of fused-ring (bicyclic) bond motifs is 2. The molecule has 44 heavy (non-hydrogen) atoms. The Hall–Kier alpha value is -3.68. The molecule has 232 valence electrons. The normalized spacial score (nSPS) is 18.9. The fourth-order valence-corrected chi connectivity index (χ4v) is 6.97. The summed E-state index contributed by atoms with van der Waals surface area (Å²) in [6.07, 6.45) is -3.97. The molecular weight excluding hydrogens is 619 g/mol. The van der Waals surface area contributed by atoms with Crippen molar-refractivity contribution in [3.8, 4) is 10.6 Å². The number of hydrogen-bond acceptors (Lipinski definition) is 8. The maximum absolute atomic E-state index is 14.1. The van der Waals surface area contributed by atoms with Crippen molar-refractivity contribution in [1.82, 2.24) is 19.4 Å². The number of carbonyl (C=O) groups excluding carboxylic acids is 1. The summed E-state index contributed by atoms with van der Waals surface area (Å²) in [4.78, 5) is 35.5. The molecule has 4 heterocycles. The Morgan fingerprint density at radius 2 is 1.89 bits per heavy atom. The van der Waals surface area contributed by atoms with Crippen molar-refractivity contribution in [3.05, 3.63) is 73.7 Å². The van der Waals surface area contributed by atoms with Crippen LogP contribution < -0.4 is 10.9 Å². The lowest BCUT2D eigenvalue weighted by Crippen LogP contribution is -2.45. The zero-order valence-electron chi connectivity index (χ0n) is 24.0. The van der Waals surface area contributed by atoms with Crippen LogP contribution in [0, 0.1) is 6.92 Å². The molecule has 2 fully saturated rings. The number of piperidine rings is 1. The van der Waals surface area contributed by atoms with E-state index in [1.54, 1.807) is 36.1 Å². The fraction of sp³-hybridized carbons (Fsp3) is 0.400. The number of aromatic nitrogens is 3. The number of anilines is 1. The van der Waals surface area contributed by atoms with Gasteiger partial charge in [-0.3, -0.25) is 9.36 Å². The lowest BCUT2D eigenvalue weighted by molar-refractivity contribution is -0.137. The molecule has 2 N–H and O–H groups in total. The van der Waals surface area contributed by atoms with Gasteiger partial charge in [0.25, 0.3) is 5.56 Å². The first-order chi connectivity index (χ1) is 20.7. The zero-order valence-corrected chi connectivity index (χ0v) is 25.6. The van der Waals surface area contributed by atoms with Crippen molar-refractivity contribution in [2.45, 2.75) is 64.0 Å².